The molecule has 0 aliphatic carbocycles. The molecule has 0 N–H and O–H groups in total. The quantitative estimate of drug-likeness (QED) is 0.555. The molecule has 3 aromatic rings. The minimum Gasteiger partial charge on any atom is -0.366 e. The highest BCUT2D eigenvalue weighted by molar-refractivity contribution is 7.91. The van der Waals surface area contributed by atoms with Gasteiger partial charge < -0.3 is 9.47 Å². The first kappa shape index (κ1) is 22.5. The second kappa shape index (κ2) is 8.35. The SMILES string of the molecule is CCn1cc(S(=O)(=O)c2ccc(C)cc2C)c(=O)c2cc(F)c(N3CCCC[C@H]3C)cc21. The van der Waals surface area contributed by atoms with Crippen LogP contribution in [0.25, 0.3) is 10.9 Å². The van der Waals surface area contributed by atoms with Crippen LogP contribution in [0.2, 0.25) is 0 Å². The molecule has 32 heavy (non-hydrogen) atoms. The summed E-state index contributed by atoms with van der Waals surface area (Å²) in [7, 11) is -4.06. The van der Waals surface area contributed by atoms with Gasteiger partial charge in [-0.15, -0.1) is 0 Å². The minimum absolute atomic E-state index is 0.0867. The molecule has 170 valence electrons. The molecule has 2 aromatic carbocycles. The van der Waals surface area contributed by atoms with E-state index in [2.05, 4.69) is 6.92 Å². The molecule has 5 nitrogen and oxygen atoms in total. The lowest BCUT2D eigenvalue weighted by molar-refractivity contribution is 0.476. The van der Waals surface area contributed by atoms with E-state index >= 15 is 4.39 Å². The standard InChI is InChI=1S/C25H29FN2O3S/c1-5-27-15-24(32(30,31)23-10-9-16(2)12-17(23)3)25(29)19-13-20(26)22(14-21(19)27)28-11-7-6-8-18(28)4/h9-10,12-15,18H,5-8,11H2,1-4H3/t18-/m1/s1. The molecule has 0 bridgehead atoms. The summed E-state index contributed by atoms with van der Waals surface area (Å²) in [6.45, 7) is 8.77. The maximum atomic E-state index is 15.2. The Morgan fingerprint density at radius 2 is 1.84 bits per heavy atom. The van der Waals surface area contributed by atoms with Gasteiger partial charge >= 0.3 is 0 Å². The van der Waals surface area contributed by atoms with Crippen LogP contribution in [0.15, 0.2) is 51.1 Å². The Labute approximate surface area is 188 Å². The molecule has 7 heteroatoms. The molecule has 1 aliphatic heterocycles. The first-order chi connectivity index (χ1) is 15.1. The smallest absolute Gasteiger partial charge is 0.212 e. The predicted octanol–water partition coefficient (Wildman–Crippen LogP) is 4.99. The van der Waals surface area contributed by atoms with Crippen LogP contribution in [-0.2, 0) is 16.4 Å². The predicted molar refractivity (Wildman–Crippen MR) is 126 cm³/mol. The number of aryl methyl sites for hydroxylation is 3. The van der Waals surface area contributed by atoms with Crippen molar-refractivity contribution in [2.24, 2.45) is 0 Å². The van der Waals surface area contributed by atoms with Gasteiger partial charge in [0, 0.05) is 25.3 Å². The van der Waals surface area contributed by atoms with Crippen LogP contribution in [0.5, 0.6) is 0 Å². The van der Waals surface area contributed by atoms with Crippen molar-refractivity contribution in [3.63, 3.8) is 0 Å². The Balaban J connectivity index is 1.95. The fourth-order valence-electron chi connectivity index (χ4n) is 4.72. The van der Waals surface area contributed by atoms with Crippen LogP contribution in [0, 0.1) is 19.7 Å². The van der Waals surface area contributed by atoms with E-state index in [1.54, 1.807) is 29.7 Å². The lowest BCUT2D eigenvalue weighted by atomic mass is 10.0. The number of hydrogen-bond acceptors (Lipinski definition) is 4. The summed E-state index contributed by atoms with van der Waals surface area (Å²) in [5, 5.41) is 0.0867. The zero-order valence-corrected chi connectivity index (χ0v) is 19.8. The van der Waals surface area contributed by atoms with Crippen molar-refractivity contribution in [2.75, 3.05) is 11.4 Å². The van der Waals surface area contributed by atoms with Crippen LogP contribution in [-0.4, -0.2) is 25.6 Å². The zero-order chi connectivity index (χ0) is 23.2. The Morgan fingerprint density at radius 1 is 1.09 bits per heavy atom. The molecule has 4 rings (SSSR count). The number of nitrogens with zero attached hydrogens (tertiary/aromatic N) is 2. The van der Waals surface area contributed by atoms with Crippen molar-refractivity contribution in [1.82, 2.24) is 4.57 Å². The monoisotopic (exact) mass is 456 g/mol. The summed E-state index contributed by atoms with van der Waals surface area (Å²) in [4.78, 5) is 15.1. The number of halogens is 1. The lowest BCUT2D eigenvalue weighted by Crippen LogP contribution is -2.38. The number of fused-ring (bicyclic) bond motifs is 1. The van der Waals surface area contributed by atoms with Gasteiger partial charge in [0.05, 0.1) is 21.5 Å². The van der Waals surface area contributed by atoms with E-state index in [0.29, 0.717) is 23.3 Å². The van der Waals surface area contributed by atoms with E-state index in [1.807, 2.05) is 18.7 Å². The fourth-order valence-corrected chi connectivity index (χ4v) is 6.31. The van der Waals surface area contributed by atoms with E-state index in [4.69, 9.17) is 0 Å². The Morgan fingerprint density at radius 3 is 2.50 bits per heavy atom. The van der Waals surface area contributed by atoms with Crippen LogP contribution < -0.4 is 10.3 Å². The summed E-state index contributed by atoms with van der Waals surface area (Å²) in [6.07, 6.45) is 4.51. The number of anilines is 1. The molecule has 0 saturated carbocycles. The van der Waals surface area contributed by atoms with Gasteiger partial charge in [-0.1, -0.05) is 17.7 Å². The van der Waals surface area contributed by atoms with Crippen molar-refractivity contribution in [3.8, 4) is 0 Å². The van der Waals surface area contributed by atoms with E-state index < -0.39 is 21.1 Å². The topological polar surface area (TPSA) is 59.4 Å². The number of sulfone groups is 1. The van der Waals surface area contributed by atoms with Crippen molar-refractivity contribution in [3.05, 3.63) is 63.7 Å². The average Bonchev–Trinajstić information content (AvgIpc) is 2.74. The van der Waals surface area contributed by atoms with Crippen molar-refractivity contribution < 1.29 is 12.8 Å². The summed E-state index contributed by atoms with van der Waals surface area (Å²) < 4.78 is 43.8. The van der Waals surface area contributed by atoms with Gasteiger partial charge in [0.1, 0.15) is 10.7 Å². The third-order valence-corrected chi connectivity index (χ3v) is 8.39. The highest BCUT2D eigenvalue weighted by Gasteiger charge is 2.27. The second-order valence-electron chi connectivity index (χ2n) is 8.74. The lowest BCUT2D eigenvalue weighted by Gasteiger charge is -2.35. The number of pyridine rings is 1. The Bertz CT molecular complexity index is 1360. The molecule has 1 saturated heterocycles. The second-order valence-corrected chi connectivity index (χ2v) is 10.6. The van der Waals surface area contributed by atoms with Gasteiger partial charge in [-0.2, -0.15) is 0 Å². The molecule has 0 amide bonds. The van der Waals surface area contributed by atoms with Crippen molar-refractivity contribution in [2.45, 2.75) is 69.3 Å². The molecule has 2 heterocycles. The number of piperidine rings is 1. The third-order valence-electron chi connectivity index (χ3n) is 6.48. The average molecular weight is 457 g/mol. The maximum Gasteiger partial charge on any atom is 0.212 e. The number of rotatable bonds is 4. The van der Waals surface area contributed by atoms with E-state index in [-0.39, 0.29) is 21.2 Å². The summed E-state index contributed by atoms with van der Waals surface area (Å²) >= 11 is 0. The first-order valence-electron chi connectivity index (χ1n) is 11.1. The number of hydrogen-bond donors (Lipinski definition) is 0. The van der Waals surface area contributed by atoms with Crippen molar-refractivity contribution >= 4 is 26.4 Å². The molecule has 1 aliphatic rings. The van der Waals surface area contributed by atoms with Gasteiger partial charge in [-0.3, -0.25) is 4.79 Å². The van der Waals surface area contributed by atoms with E-state index in [9.17, 15) is 13.2 Å². The zero-order valence-electron chi connectivity index (χ0n) is 19.0. The molecular weight excluding hydrogens is 427 g/mol. The summed E-state index contributed by atoms with van der Waals surface area (Å²) in [5.41, 5.74) is 1.87. The van der Waals surface area contributed by atoms with Gasteiger partial charge in [0.2, 0.25) is 15.3 Å². The normalized spacial score (nSPS) is 17.2. The molecule has 1 fully saturated rings. The maximum absolute atomic E-state index is 15.2. The van der Waals surface area contributed by atoms with Crippen LogP contribution in [0.3, 0.4) is 0 Å². The van der Waals surface area contributed by atoms with Crippen LogP contribution in [0.1, 0.15) is 44.2 Å². The number of aromatic nitrogens is 1. The largest absolute Gasteiger partial charge is 0.366 e. The molecule has 0 spiro atoms. The first-order valence-corrected chi connectivity index (χ1v) is 12.6. The Kier molecular flexibility index (Phi) is 5.88. The molecule has 1 aromatic heterocycles. The fraction of sp³-hybridized carbons (Fsp3) is 0.400. The molecule has 0 unspecified atom stereocenters. The van der Waals surface area contributed by atoms with Crippen molar-refractivity contribution in [1.29, 1.82) is 0 Å². The number of benzene rings is 2. The van der Waals surface area contributed by atoms with Gasteiger partial charge in [-0.05, 0) is 70.7 Å². The van der Waals surface area contributed by atoms with Crippen LogP contribution in [0.4, 0.5) is 10.1 Å². The summed E-state index contributed by atoms with van der Waals surface area (Å²) in [6, 6.07) is 8.14. The molecular formula is C25H29FN2O3S. The minimum atomic E-state index is -4.06. The molecule has 0 radical (unpaired) electrons. The van der Waals surface area contributed by atoms with Gasteiger partial charge in [0.25, 0.3) is 0 Å². The highest BCUT2D eigenvalue weighted by Crippen LogP contribution is 2.31. The van der Waals surface area contributed by atoms with Gasteiger partial charge in [0.15, 0.2) is 0 Å². The third kappa shape index (κ3) is 3.72. The van der Waals surface area contributed by atoms with Crippen LogP contribution >= 0.6 is 0 Å². The molecule has 1 atom stereocenters. The highest BCUT2D eigenvalue weighted by atomic mass is 32.2. The van der Waals surface area contributed by atoms with E-state index in [1.165, 1.54) is 18.3 Å². The van der Waals surface area contributed by atoms with Gasteiger partial charge in [-0.25, -0.2) is 12.8 Å². The summed E-state index contributed by atoms with van der Waals surface area (Å²) in [5.74, 6) is -0.493. The van der Waals surface area contributed by atoms with E-state index in [0.717, 1.165) is 31.4 Å². The Hall–Kier alpha value is -2.67.